The summed E-state index contributed by atoms with van der Waals surface area (Å²) >= 11 is 3.15. The summed E-state index contributed by atoms with van der Waals surface area (Å²) in [5.74, 6) is -1.75. The molecular formula is C20H19BrFN3O3. The number of halogens is 2. The molecular weight excluding hydrogens is 429 g/mol. The minimum atomic E-state index is -1.12. The fourth-order valence-electron chi connectivity index (χ4n) is 3.00. The zero-order valence-corrected chi connectivity index (χ0v) is 16.8. The van der Waals surface area contributed by atoms with Crippen LogP contribution < -0.4 is 10.7 Å². The number of nitrogens with zero attached hydrogens (tertiary/aromatic N) is 1. The van der Waals surface area contributed by atoms with E-state index in [-0.39, 0.29) is 12.0 Å². The Bertz CT molecular complexity index is 922. The Labute approximate surface area is 170 Å². The van der Waals surface area contributed by atoms with E-state index in [1.807, 2.05) is 30.3 Å². The maximum absolute atomic E-state index is 13.9. The van der Waals surface area contributed by atoms with Crippen LogP contribution in [0.5, 0.6) is 0 Å². The Morgan fingerprint density at radius 3 is 2.61 bits per heavy atom. The Morgan fingerprint density at radius 1 is 1.21 bits per heavy atom. The quantitative estimate of drug-likeness (QED) is 0.667. The molecule has 1 aliphatic heterocycles. The van der Waals surface area contributed by atoms with Crippen LogP contribution >= 0.6 is 15.9 Å². The van der Waals surface area contributed by atoms with Gasteiger partial charge in [-0.2, -0.15) is 5.01 Å². The number of carbonyl (C=O) groups excluding carboxylic acids is 3. The molecule has 1 saturated heterocycles. The molecule has 1 aliphatic rings. The molecule has 8 heteroatoms. The van der Waals surface area contributed by atoms with Crippen LogP contribution in [-0.4, -0.2) is 28.4 Å². The average molecular weight is 448 g/mol. The Balaban J connectivity index is 1.63. The largest absolute Gasteiger partial charge is 0.344 e. The molecule has 146 valence electrons. The van der Waals surface area contributed by atoms with Crippen LogP contribution in [0.2, 0.25) is 0 Å². The fourth-order valence-corrected chi connectivity index (χ4v) is 3.33. The number of rotatable bonds is 6. The van der Waals surface area contributed by atoms with E-state index in [1.54, 1.807) is 13.0 Å². The number of hydrazine groups is 1. The van der Waals surface area contributed by atoms with Gasteiger partial charge in [0.25, 0.3) is 5.91 Å². The molecule has 0 saturated carbocycles. The number of aryl methyl sites for hydroxylation is 1. The minimum absolute atomic E-state index is 0.166. The molecule has 0 radical (unpaired) electrons. The van der Waals surface area contributed by atoms with E-state index in [2.05, 4.69) is 26.7 Å². The summed E-state index contributed by atoms with van der Waals surface area (Å²) in [6.07, 6.45) is 0.682. The average Bonchev–Trinajstić information content (AvgIpc) is 2.87. The first-order valence-corrected chi connectivity index (χ1v) is 9.52. The highest BCUT2D eigenvalue weighted by molar-refractivity contribution is 9.10. The van der Waals surface area contributed by atoms with Gasteiger partial charge in [-0.1, -0.05) is 52.3 Å². The van der Waals surface area contributed by atoms with Gasteiger partial charge in [0, 0.05) is 4.47 Å². The molecule has 0 aromatic heterocycles. The van der Waals surface area contributed by atoms with Crippen LogP contribution in [0, 0.1) is 5.82 Å². The lowest BCUT2D eigenvalue weighted by molar-refractivity contribution is -0.138. The normalized spacial score (nSPS) is 18.9. The summed E-state index contributed by atoms with van der Waals surface area (Å²) in [5, 5.41) is 3.30. The van der Waals surface area contributed by atoms with Gasteiger partial charge < -0.3 is 5.32 Å². The summed E-state index contributed by atoms with van der Waals surface area (Å²) in [6.45, 7) is 1.62. The van der Waals surface area contributed by atoms with E-state index in [4.69, 9.17) is 0 Å². The standard InChI is InChI=1S/C20H19BrFN3O3/c1-20(10-9-13-5-3-2-4-6-13)18(27)25(19(28)23-20)24-17(26)11-14-7-8-15(21)12-16(14)22/h2-8,12H,9-11H2,1H3,(H,23,28)(H,24,26). The molecule has 2 aromatic carbocycles. The summed E-state index contributed by atoms with van der Waals surface area (Å²) < 4.78 is 14.4. The molecule has 1 fully saturated rings. The van der Waals surface area contributed by atoms with Crippen molar-refractivity contribution < 1.29 is 18.8 Å². The van der Waals surface area contributed by atoms with E-state index in [0.717, 1.165) is 5.56 Å². The van der Waals surface area contributed by atoms with Crippen LogP contribution in [0.25, 0.3) is 0 Å². The molecule has 0 spiro atoms. The van der Waals surface area contributed by atoms with E-state index in [9.17, 15) is 18.8 Å². The third-order valence-electron chi connectivity index (χ3n) is 4.62. The third kappa shape index (κ3) is 4.39. The van der Waals surface area contributed by atoms with Gasteiger partial charge in [0.2, 0.25) is 5.91 Å². The lowest BCUT2D eigenvalue weighted by Crippen LogP contribution is -2.49. The first-order valence-electron chi connectivity index (χ1n) is 8.72. The van der Waals surface area contributed by atoms with E-state index in [1.165, 1.54) is 12.1 Å². The van der Waals surface area contributed by atoms with E-state index < -0.39 is 29.2 Å². The van der Waals surface area contributed by atoms with Crippen molar-refractivity contribution in [1.29, 1.82) is 0 Å². The monoisotopic (exact) mass is 447 g/mol. The second-order valence-corrected chi connectivity index (χ2v) is 7.75. The van der Waals surface area contributed by atoms with E-state index >= 15 is 0 Å². The van der Waals surface area contributed by atoms with Crippen LogP contribution in [0.3, 0.4) is 0 Å². The zero-order chi connectivity index (χ0) is 20.3. The molecule has 28 heavy (non-hydrogen) atoms. The Kier molecular flexibility index (Phi) is 5.79. The second-order valence-electron chi connectivity index (χ2n) is 6.84. The molecule has 6 nitrogen and oxygen atoms in total. The van der Waals surface area contributed by atoms with Crippen molar-refractivity contribution in [1.82, 2.24) is 15.8 Å². The van der Waals surface area contributed by atoms with Crippen molar-refractivity contribution in [3.63, 3.8) is 0 Å². The summed E-state index contributed by atoms with van der Waals surface area (Å²) in [5.41, 5.74) is 2.36. The van der Waals surface area contributed by atoms with Crippen molar-refractivity contribution in [3.8, 4) is 0 Å². The smallest absolute Gasteiger partial charge is 0.322 e. The number of hydrogen-bond donors (Lipinski definition) is 2. The predicted molar refractivity (Wildman–Crippen MR) is 104 cm³/mol. The summed E-state index contributed by atoms with van der Waals surface area (Å²) in [6, 6.07) is 13.2. The van der Waals surface area contributed by atoms with Crippen LogP contribution in [0.15, 0.2) is 53.0 Å². The SMILES string of the molecule is CC1(CCc2ccccc2)NC(=O)N(NC(=O)Cc2ccc(Br)cc2F)C1=O. The predicted octanol–water partition coefficient (Wildman–Crippen LogP) is 3.11. The van der Waals surface area contributed by atoms with E-state index in [0.29, 0.717) is 22.3 Å². The molecule has 1 heterocycles. The lowest BCUT2D eigenvalue weighted by atomic mass is 9.93. The number of hydrogen-bond acceptors (Lipinski definition) is 3. The lowest BCUT2D eigenvalue weighted by Gasteiger charge is -2.21. The van der Waals surface area contributed by atoms with Gasteiger partial charge in [-0.15, -0.1) is 0 Å². The molecule has 2 aromatic rings. The van der Waals surface area contributed by atoms with Gasteiger partial charge in [0.15, 0.2) is 0 Å². The number of benzene rings is 2. The van der Waals surface area contributed by atoms with Crippen molar-refractivity contribution in [2.45, 2.75) is 31.7 Å². The number of carbonyl (C=O) groups is 3. The van der Waals surface area contributed by atoms with Gasteiger partial charge >= 0.3 is 6.03 Å². The van der Waals surface area contributed by atoms with Crippen molar-refractivity contribution in [2.24, 2.45) is 0 Å². The number of imide groups is 1. The highest BCUT2D eigenvalue weighted by Gasteiger charge is 2.48. The maximum Gasteiger partial charge on any atom is 0.344 e. The molecule has 2 N–H and O–H groups in total. The topological polar surface area (TPSA) is 78.5 Å². The van der Waals surface area contributed by atoms with Crippen LogP contribution in [0.4, 0.5) is 9.18 Å². The van der Waals surface area contributed by atoms with Crippen LogP contribution in [0.1, 0.15) is 24.5 Å². The van der Waals surface area contributed by atoms with Crippen LogP contribution in [-0.2, 0) is 22.4 Å². The highest BCUT2D eigenvalue weighted by atomic mass is 79.9. The molecule has 3 rings (SSSR count). The maximum atomic E-state index is 13.9. The molecule has 0 bridgehead atoms. The first-order chi connectivity index (χ1) is 13.3. The number of amides is 4. The number of nitrogens with one attached hydrogen (secondary N) is 2. The van der Waals surface area contributed by atoms with Crippen molar-refractivity contribution in [2.75, 3.05) is 0 Å². The fraction of sp³-hybridized carbons (Fsp3) is 0.250. The zero-order valence-electron chi connectivity index (χ0n) is 15.2. The van der Waals surface area contributed by atoms with Gasteiger partial charge in [-0.3, -0.25) is 15.0 Å². The number of urea groups is 1. The van der Waals surface area contributed by atoms with Crippen molar-refractivity contribution in [3.05, 3.63) is 69.9 Å². The highest BCUT2D eigenvalue weighted by Crippen LogP contribution is 2.22. The summed E-state index contributed by atoms with van der Waals surface area (Å²) in [4.78, 5) is 37.1. The van der Waals surface area contributed by atoms with Crippen molar-refractivity contribution >= 4 is 33.8 Å². The molecule has 4 amide bonds. The Hall–Kier alpha value is -2.74. The summed E-state index contributed by atoms with van der Waals surface area (Å²) in [7, 11) is 0. The van der Waals surface area contributed by atoms with Gasteiger partial charge in [0.1, 0.15) is 11.4 Å². The Morgan fingerprint density at radius 2 is 1.93 bits per heavy atom. The third-order valence-corrected chi connectivity index (χ3v) is 5.11. The molecule has 1 atom stereocenters. The minimum Gasteiger partial charge on any atom is -0.322 e. The van der Waals surface area contributed by atoms with Gasteiger partial charge in [-0.25, -0.2) is 9.18 Å². The van der Waals surface area contributed by atoms with Gasteiger partial charge in [-0.05, 0) is 43.0 Å². The first kappa shape index (κ1) is 20.0. The molecule has 0 aliphatic carbocycles. The molecule has 1 unspecified atom stereocenters. The van der Waals surface area contributed by atoms with Gasteiger partial charge in [0.05, 0.1) is 6.42 Å². The second kappa shape index (κ2) is 8.10.